The Balaban J connectivity index is 1.40. The van der Waals surface area contributed by atoms with E-state index in [0.29, 0.717) is 18.9 Å². The van der Waals surface area contributed by atoms with Gasteiger partial charge < -0.3 is 14.8 Å². The molecule has 3 heterocycles. The number of hydrogen-bond acceptors (Lipinski definition) is 4. The zero-order chi connectivity index (χ0) is 16.7. The summed E-state index contributed by atoms with van der Waals surface area (Å²) >= 11 is 5.87. The fourth-order valence-electron chi connectivity index (χ4n) is 4.22. The Bertz CT molecular complexity index is 623. The smallest absolute Gasteiger partial charge is 0.237 e. The molecule has 1 N–H and O–H groups in total. The Morgan fingerprint density at radius 2 is 2.00 bits per heavy atom. The molecule has 4 rings (SSSR count). The molecule has 1 amide bonds. The minimum atomic E-state index is -0.464. The van der Waals surface area contributed by atoms with Crippen molar-refractivity contribution in [2.45, 2.75) is 62.7 Å². The molecular formula is C18H23ClN2O3. The van der Waals surface area contributed by atoms with Crippen LogP contribution in [0.1, 0.15) is 38.2 Å². The molecule has 5 nitrogen and oxygen atoms in total. The summed E-state index contributed by atoms with van der Waals surface area (Å²) in [7, 11) is 0. The highest BCUT2D eigenvalue weighted by Crippen LogP contribution is 2.38. The number of fused-ring (bicyclic) bond motifs is 3. The number of ether oxygens (including phenoxy) is 2. The molecule has 3 unspecified atom stereocenters. The number of amides is 1. The highest BCUT2D eigenvalue weighted by molar-refractivity contribution is 6.30. The van der Waals surface area contributed by atoms with Crippen molar-refractivity contribution < 1.29 is 14.3 Å². The molecule has 3 atom stereocenters. The van der Waals surface area contributed by atoms with Crippen LogP contribution in [-0.4, -0.2) is 41.1 Å². The van der Waals surface area contributed by atoms with Gasteiger partial charge in [0.1, 0.15) is 5.38 Å². The maximum atomic E-state index is 11.8. The molecule has 1 aromatic rings. The van der Waals surface area contributed by atoms with Crippen LogP contribution in [0.25, 0.3) is 0 Å². The second-order valence-corrected chi connectivity index (χ2v) is 7.69. The Morgan fingerprint density at radius 3 is 2.71 bits per heavy atom. The van der Waals surface area contributed by atoms with Crippen molar-refractivity contribution in [1.29, 1.82) is 0 Å². The van der Waals surface area contributed by atoms with Gasteiger partial charge in [-0.3, -0.25) is 9.69 Å². The van der Waals surface area contributed by atoms with E-state index in [0.717, 1.165) is 30.9 Å². The molecule has 2 bridgehead atoms. The van der Waals surface area contributed by atoms with Gasteiger partial charge in [-0.25, -0.2) is 0 Å². The van der Waals surface area contributed by atoms with Gasteiger partial charge in [0.2, 0.25) is 12.7 Å². The second-order valence-electron chi connectivity index (χ2n) is 7.04. The maximum Gasteiger partial charge on any atom is 0.237 e. The monoisotopic (exact) mass is 350 g/mol. The van der Waals surface area contributed by atoms with Crippen LogP contribution < -0.4 is 14.8 Å². The van der Waals surface area contributed by atoms with Gasteiger partial charge in [-0.15, -0.1) is 11.6 Å². The van der Waals surface area contributed by atoms with Crippen LogP contribution in [0.5, 0.6) is 11.5 Å². The third kappa shape index (κ3) is 3.07. The van der Waals surface area contributed by atoms with Gasteiger partial charge in [0, 0.05) is 24.7 Å². The van der Waals surface area contributed by atoms with E-state index in [2.05, 4.69) is 22.3 Å². The number of hydrogen-bond donors (Lipinski definition) is 1. The number of piperidine rings is 1. The summed E-state index contributed by atoms with van der Waals surface area (Å²) in [6.45, 7) is 2.97. The average Bonchev–Trinajstić information content (AvgIpc) is 3.09. The highest BCUT2D eigenvalue weighted by atomic mass is 35.5. The van der Waals surface area contributed by atoms with Crippen molar-refractivity contribution in [2.24, 2.45) is 0 Å². The first kappa shape index (κ1) is 16.0. The van der Waals surface area contributed by atoms with Gasteiger partial charge >= 0.3 is 0 Å². The average molecular weight is 351 g/mol. The molecule has 0 spiro atoms. The van der Waals surface area contributed by atoms with E-state index in [4.69, 9.17) is 21.1 Å². The van der Waals surface area contributed by atoms with Crippen LogP contribution in [0.4, 0.5) is 0 Å². The van der Waals surface area contributed by atoms with Crippen LogP contribution in [0.2, 0.25) is 0 Å². The highest BCUT2D eigenvalue weighted by Gasteiger charge is 2.41. The topological polar surface area (TPSA) is 50.8 Å². The fraction of sp³-hybridized carbons (Fsp3) is 0.611. The van der Waals surface area contributed by atoms with E-state index < -0.39 is 5.38 Å². The second kappa shape index (κ2) is 6.45. The van der Waals surface area contributed by atoms with Crippen molar-refractivity contribution in [2.75, 3.05) is 6.79 Å². The zero-order valence-corrected chi connectivity index (χ0v) is 14.6. The summed E-state index contributed by atoms with van der Waals surface area (Å²) in [6, 6.07) is 7.52. The lowest BCUT2D eigenvalue weighted by Gasteiger charge is -2.39. The lowest BCUT2D eigenvalue weighted by Crippen LogP contribution is -2.50. The molecule has 3 aliphatic heterocycles. The standard InChI is InChI=1S/C18H23ClN2O3/c1-11(19)18(22)20-13-7-14-3-4-15(8-13)21(14)9-12-2-5-16-17(6-12)24-10-23-16/h2,5-6,11,13-15H,3-4,7-10H2,1H3,(H,20,22). The van der Waals surface area contributed by atoms with Crippen LogP contribution in [0.15, 0.2) is 18.2 Å². The summed E-state index contributed by atoms with van der Waals surface area (Å²) in [6.07, 6.45) is 4.43. The molecule has 0 saturated carbocycles. The Kier molecular flexibility index (Phi) is 4.31. The summed E-state index contributed by atoms with van der Waals surface area (Å²) < 4.78 is 10.9. The molecule has 0 radical (unpaired) electrons. The first-order valence-corrected chi connectivity index (χ1v) is 9.12. The number of carbonyl (C=O) groups excluding carboxylic acids is 1. The number of nitrogens with one attached hydrogen (secondary N) is 1. The van der Waals surface area contributed by atoms with Crippen LogP contribution >= 0.6 is 11.6 Å². The quantitative estimate of drug-likeness (QED) is 0.848. The predicted octanol–water partition coefficient (Wildman–Crippen LogP) is 2.65. The maximum absolute atomic E-state index is 11.8. The molecule has 24 heavy (non-hydrogen) atoms. The van der Waals surface area contributed by atoms with Crippen molar-refractivity contribution >= 4 is 17.5 Å². The van der Waals surface area contributed by atoms with Gasteiger partial charge in [-0.05, 0) is 50.3 Å². The number of rotatable bonds is 4. The molecule has 3 aliphatic rings. The van der Waals surface area contributed by atoms with E-state index in [1.54, 1.807) is 6.92 Å². The molecule has 0 aromatic heterocycles. The first-order chi connectivity index (χ1) is 11.6. The third-order valence-corrected chi connectivity index (χ3v) is 5.59. The van der Waals surface area contributed by atoms with E-state index in [9.17, 15) is 4.79 Å². The Labute approximate surface area is 147 Å². The lowest BCUT2D eigenvalue weighted by molar-refractivity contribution is -0.121. The molecule has 6 heteroatoms. The Morgan fingerprint density at radius 1 is 1.29 bits per heavy atom. The van der Waals surface area contributed by atoms with E-state index in [1.165, 1.54) is 18.4 Å². The number of halogens is 1. The molecule has 1 aromatic carbocycles. The van der Waals surface area contributed by atoms with Crippen molar-refractivity contribution in [3.8, 4) is 11.5 Å². The lowest BCUT2D eigenvalue weighted by atomic mass is 9.96. The van der Waals surface area contributed by atoms with E-state index >= 15 is 0 Å². The van der Waals surface area contributed by atoms with Crippen LogP contribution in [-0.2, 0) is 11.3 Å². The molecular weight excluding hydrogens is 328 g/mol. The van der Waals surface area contributed by atoms with E-state index in [-0.39, 0.29) is 11.9 Å². The third-order valence-electron chi connectivity index (χ3n) is 5.39. The van der Waals surface area contributed by atoms with Gasteiger partial charge in [-0.2, -0.15) is 0 Å². The summed E-state index contributed by atoms with van der Waals surface area (Å²) in [5.74, 6) is 1.63. The number of nitrogens with zero attached hydrogens (tertiary/aromatic N) is 1. The molecule has 2 saturated heterocycles. The largest absolute Gasteiger partial charge is 0.454 e. The van der Waals surface area contributed by atoms with E-state index in [1.807, 2.05) is 6.07 Å². The predicted molar refractivity (Wildman–Crippen MR) is 91.4 cm³/mol. The van der Waals surface area contributed by atoms with Crippen molar-refractivity contribution in [1.82, 2.24) is 10.2 Å². The van der Waals surface area contributed by atoms with Gasteiger partial charge in [-0.1, -0.05) is 6.07 Å². The number of alkyl halides is 1. The number of benzene rings is 1. The van der Waals surface area contributed by atoms with Gasteiger partial charge in [0.05, 0.1) is 0 Å². The molecule has 130 valence electrons. The Hall–Kier alpha value is -1.46. The minimum absolute atomic E-state index is 0.0507. The summed E-state index contributed by atoms with van der Waals surface area (Å²) in [5, 5.41) is 2.64. The van der Waals surface area contributed by atoms with Crippen molar-refractivity contribution in [3.63, 3.8) is 0 Å². The summed E-state index contributed by atoms with van der Waals surface area (Å²) in [5.41, 5.74) is 1.26. The molecule has 0 aliphatic carbocycles. The van der Waals surface area contributed by atoms with Crippen molar-refractivity contribution in [3.05, 3.63) is 23.8 Å². The first-order valence-electron chi connectivity index (χ1n) is 8.69. The number of carbonyl (C=O) groups is 1. The zero-order valence-electron chi connectivity index (χ0n) is 13.8. The normalized spacial score (nSPS) is 29.5. The van der Waals surface area contributed by atoms with Crippen LogP contribution in [0, 0.1) is 0 Å². The fourth-order valence-corrected chi connectivity index (χ4v) is 4.28. The minimum Gasteiger partial charge on any atom is -0.454 e. The van der Waals surface area contributed by atoms with Gasteiger partial charge in [0.25, 0.3) is 0 Å². The SMILES string of the molecule is CC(Cl)C(=O)NC1CC2CCC(C1)N2Cc1ccc2c(c1)OCO2. The van der Waals surface area contributed by atoms with Gasteiger partial charge in [0.15, 0.2) is 11.5 Å². The van der Waals surface area contributed by atoms with Crippen LogP contribution in [0.3, 0.4) is 0 Å². The molecule has 2 fully saturated rings. The summed E-state index contributed by atoms with van der Waals surface area (Å²) in [4.78, 5) is 14.4.